The first-order valence-electron chi connectivity index (χ1n) is 7.04. The van der Waals surface area contributed by atoms with E-state index in [2.05, 4.69) is 24.1 Å². The zero-order valence-corrected chi connectivity index (χ0v) is 12.3. The van der Waals surface area contributed by atoms with Crippen LogP contribution in [-0.2, 0) is 18.4 Å². The molecule has 0 aliphatic carbocycles. The summed E-state index contributed by atoms with van der Waals surface area (Å²) in [7, 11) is 1.92. The molecule has 0 bridgehead atoms. The van der Waals surface area contributed by atoms with Gasteiger partial charge >= 0.3 is 0 Å². The van der Waals surface area contributed by atoms with Gasteiger partial charge in [0.15, 0.2) is 0 Å². The number of aromatic nitrogens is 2. The summed E-state index contributed by atoms with van der Waals surface area (Å²) in [6.45, 7) is 5.04. The van der Waals surface area contributed by atoms with Crippen LogP contribution in [0.15, 0.2) is 12.4 Å². The Kier molecular flexibility index (Phi) is 6.02. The maximum Gasteiger partial charge on any atom is 0.227 e. The lowest BCUT2D eigenvalue weighted by molar-refractivity contribution is -0.131. The quantitative estimate of drug-likeness (QED) is 0.750. The van der Waals surface area contributed by atoms with Crippen molar-refractivity contribution in [1.82, 2.24) is 14.9 Å². The molecule has 19 heavy (non-hydrogen) atoms. The van der Waals surface area contributed by atoms with Crippen molar-refractivity contribution in [3.05, 3.63) is 18.2 Å². The van der Waals surface area contributed by atoms with Crippen LogP contribution in [0.1, 0.15) is 45.4 Å². The van der Waals surface area contributed by atoms with E-state index in [1.165, 1.54) is 0 Å². The van der Waals surface area contributed by atoms with E-state index in [-0.39, 0.29) is 5.91 Å². The van der Waals surface area contributed by atoms with Gasteiger partial charge in [0.2, 0.25) is 5.91 Å². The summed E-state index contributed by atoms with van der Waals surface area (Å²) in [4.78, 5) is 16.7. The highest BCUT2D eigenvalue weighted by molar-refractivity contribution is 5.82. The fraction of sp³-hybridized carbons (Fsp3) is 0.714. The smallest absolute Gasteiger partial charge is 0.227 e. The fourth-order valence-electron chi connectivity index (χ4n) is 2.52. The maximum absolute atomic E-state index is 12.5. The van der Waals surface area contributed by atoms with Gasteiger partial charge in [-0.1, -0.05) is 26.7 Å². The molecule has 5 nitrogen and oxygen atoms in total. The Bertz CT molecular complexity index is 394. The number of nitrogens with one attached hydrogen (secondary N) is 1. The normalized spacial score (nSPS) is 11.6. The number of nitrogens with two attached hydrogens (primary N) is 1. The highest BCUT2D eigenvalue weighted by Crippen LogP contribution is 2.29. The molecule has 3 N–H and O–H groups in total. The van der Waals surface area contributed by atoms with Gasteiger partial charge < -0.3 is 15.6 Å². The van der Waals surface area contributed by atoms with Crippen LogP contribution < -0.4 is 11.1 Å². The lowest BCUT2D eigenvalue weighted by Gasteiger charge is -2.30. The van der Waals surface area contributed by atoms with Crippen molar-refractivity contribution in [2.45, 2.75) is 46.1 Å². The maximum atomic E-state index is 12.5. The third-order valence-electron chi connectivity index (χ3n) is 3.66. The van der Waals surface area contributed by atoms with Gasteiger partial charge in [-0.15, -0.1) is 0 Å². The first-order chi connectivity index (χ1) is 9.09. The Labute approximate surface area is 115 Å². The third kappa shape index (κ3) is 3.80. The number of hydrogen-bond acceptors (Lipinski definition) is 3. The van der Waals surface area contributed by atoms with Gasteiger partial charge in [0.25, 0.3) is 0 Å². The van der Waals surface area contributed by atoms with Crippen molar-refractivity contribution in [1.29, 1.82) is 0 Å². The van der Waals surface area contributed by atoms with E-state index in [1.807, 2.05) is 17.8 Å². The summed E-state index contributed by atoms with van der Waals surface area (Å²) in [6.07, 6.45) is 7.21. The van der Waals surface area contributed by atoms with Gasteiger partial charge in [-0.25, -0.2) is 4.98 Å². The van der Waals surface area contributed by atoms with E-state index in [9.17, 15) is 4.79 Å². The number of nitrogens with zero attached hydrogens (tertiary/aromatic N) is 2. The predicted octanol–water partition coefficient (Wildman–Crippen LogP) is 1.58. The largest absolute Gasteiger partial charge is 0.348 e. The Morgan fingerprint density at radius 1 is 1.42 bits per heavy atom. The van der Waals surface area contributed by atoms with Crippen LogP contribution >= 0.6 is 0 Å². The molecule has 0 saturated heterocycles. The lowest BCUT2D eigenvalue weighted by Crippen LogP contribution is -2.46. The Morgan fingerprint density at radius 2 is 2.05 bits per heavy atom. The zero-order chi connectivity index (χ0) is 14.3. The van der Waals surface area contributed by atoms with E-state index in [4.69, 9.17) is 5.73 Å². The summed E-state index contributed by atoms with van der Waals surface area (Å²) in [5, 5.41) is 2.99. The summed E-state index contributed by atoms with van der Waals surface area (Å²) in [5.74, 6) is 0.911. The summed E-state index contributed by atoms with van der Waals surface area (Å²) in [6, 6.07) is 0. The van der Waals surface area contributed by atoms with Crippen LogP contribution in [0.5, 0.6) is 0 Å². The van der Waals surface area contributed by atoms with E-state index in [0.717, 1.165) is 31.5 Å². The zero-order valence-electron chi connectivity index (χ0n) is 12.3. The third-order valence-corrected chi connectivity index (χ3v) is 3.66. The van der Waals surface area contributed by atoms with Crippen LogP contribution in [0.3, 0.4) is 0 Å². The molecule has 0 radical (unpaired) electrons. The molecule has 1 amide bonds. The second-order valence-electron chi connectivity index (χ2n) is 5.12. The molecule has 5 heteroatoms. The number of aryl methyl sites for hydroxylation is 1. The monoisotopic (exact) mass is 266 g/mol. The molecule has 0 saturated carbocycles. The molecule has 0 aromatic carbocycles. The Hall–Kier alpha value is -1.36. The minimum Gasteiger partial charge on any atom is -0.348 e. The standard InChI is InChI=1S/C14H26N4O/c1-4-6-14(11-15,7-5-2)13(19)17-10-12-16-8-9-18(12)3/h8-9H,4-7,10-11,15H2,1-3H3,(H,17,19). The second-order valence-corrected chi connectivity index (χ2v) is 5.12. The van der Waals surface area contributed by atoms with Gasteiger partial charge in [-0.05, 0) is 12.8 Å². The molecule has 1 aromatic heterocycles. The van der Waals surface area contributed by atoms with Gasteiger partial charge in [-0.2, -0.15) is 0 Å². The summed E-state index contributed by atoms with van der Waals surface area (Å²) in [5.41, 5.74) is 5.46. The molecule has 0 spiro atoms. The van der Waals surface area contributed by atoms with Crippen molar-refractivity contribution >= 4 is 5.91 Å². The molecule has 0 fully saturated rings. The molecule has 1 aromatic rings. The van der Waals surface area contributed by atoms with Crippen molar-refractivity contribution in [2.75, 3.05) is 6.54 Å². The number of carbonyl (C=O) groups excluding carboxylic acids is 1. The van der Waals surface area contributed by atoms with Crippen molar-refractivity contribution in [2.24, 2.45) is 18.2 Å². The highest BCUT2D eigenvalue weighted by atomic mass is 16.2. The SMILES string of the molecule is CCCC(CN)(CCC)C(=O)NCc1nccn1C. The number of amides is 1. The number of carbonyl (C=O) groups is 1. The van der Waals surface area contributed by atoms with Gasteiger partial charge in [0, 0.05) is 26.0 Å². The summed E-state index contributed by atoms with van der Waals surface area (Å²) < 4.78 is 1.91. The average molecular weight is 266 g/mol. The molecule has 0 atom stereocenters. The van der Waals surface area contributed by atoms with Crippen molar-refractivity contribution in [3.63, 3.8) is 0 Å². The van der Waals surface area contributed by atoms with Crippen LogP contribution in [-0.4, -0.2) is 22.0 Å². The van der Waals surface area contributed by atoms with Crippen LogP contribution in [0.25, 0.3) is 0 Å². The fourth-order valence-corrected chi connectivity index (χ4v) is 2.52. The molecule has 0 aliphatic rings. The summed E-state index contributed by atoms with van der Waals surface area (Å²) >= 11 is 0. The molecular formula is C14H26N4O. The average Bonchev–Trinajstić information content (AvgIpc) is 2.81. The van der Waals surface area contributed by atoms with Crippen LogP contribution in [0.2, 0.25) is 0 Å². The minimum atomic E-state index is -0.422. The molecule has 108 valence electrons. The van der Waals surface area contributed by atoms with Crippen molar-refractivity contribution < 1.29 is 4.79 Å². The topological polar surface area (TPSA) is 72.9 Å². The number of imidazole rings is 1. The van der Waals surface area contributed by atoms with Crippen LogP contribution in [0.4, 0.5) is 0 Å². The molecule has 0 aliphatic heterocycles. The minimum absolute atomic E-state index is 0.0571. The van der Waals surface area contributed by atoms with E-state index in [0.29, 0.717) is 13.1 Å². The van der Waals surface area contributed by atoms with Crippen LogP contribution in [0, 0.1) is 5.41 Å². The van der Waals surface area contributed by atoms with Gasteiger partial charge in [0.05, 0.1) is 12.0 Å². The highest BCUT2D eigenvalue weighted by Gasteiger charge is 2.35. The number of hydrogen-bond donors (Lipinski definition) is 2. The number of rotatable bonds is 8. The lowest BCUT2D eigenvalue weighted by atomic mass is 9.78. The second kappa shape index (κ2) is 7.28. The first-order valence-corrected chi connectivity index (χ1v) is 7.04. The Morgan fingerprint density at radius 3 is 2.47 bits per heavy atom. The van der Waals surface area contributed by atoms with Crippen molar-refractivity contribution in [3.8, 4) is 0 Å². The van der Waals surface area contributed by atoms with E-state index in [1.54, 1.807) is 6.20 Å². The van der Waals surface area contributed by atoms with Gasteiger partial charge in [0.1, 0.15) is 5.82 Å². The molecular weight excluding hydrogens is 240 g/mol. The molecule has 0 unspecified atom stereocenters. The van der Waals surface area contributed by atoms with E-state index >= 15 is 0 Å². The molecule has 1 heterocycles. The Balaban J connectivity index is 2.69. The van der Waals surface area contributed by atoms with Gasteiger partial charge in [-0.3, -0.25) is 4.79 Å². The van der Waals surface area contributed by atoms with E-state index < -0.39 is 5.41 Å². The predicted molar refractivity (Wildman–Crippen MR) is 76.4 cm³/mol. The molecule has 1 rings (SSSR count). The first kappa shape index (κ1) is 15.7.